The summed E-state index contributed by atoms with van der Waals surface area (Å²) in [6.45, 7) is 3.51. The Hall–Kier alpha value is -1.59. The van der Waals surface area contributed by atoms with E-state index in [9.17, 15) is 14.4 Å². The molecule has 2 heterocycles. The normalized spacial score (nSPS) is 22.8. The first-order valence-corrected chi connectivity index (χ1v) is 6.95. The van der Waals surface area contributed by atoms with E-state index in [4.69, 9.17) is 0 Å². The van der Waals surface area contributed by atoms with Crippen molar-refractivity contribution in [2.24, 2.45) is 0 Å². The molecule has 0 aliphatic carbocycles. The second-order valence-corrected chi connectivity index (χ2v) is 5.15. The van der Waals surface area contributed by atoms with Gasteiger partial charge in [0.1, 0.15) is 0 Å². The summed E-state index contributed by atoms with van der Waals surface area (Å²) in [5.41, 5.74) is 0. The molecule has 2 rings (SSSR count). The lowest BCUT2D eigenvalue weighted by molar-refractivity contribution is -0.134. The van der Waals surface area contributed by atoms with Crippen LogP contribution < -0.4 is 5.32 Å². The molecule has 0 radical (unpaired) electrons. The number of amides is 3. The van der Waals surface area contributed by atoms with Crippen LogP contribution in [0.5, 0.6) is 0 Å². The Morgan fingerprint density at radius 3 is 2.53 bits per heavy atom. The average Bonchev–Trinajstić information content (AvgIpc) is 3.04. The van der Waals surface area contributed by atoms with E-state index in [1.807, 2.05) is 6.92 Å². The summed E-state index contributed by atoms with van der Waals surface area (Å²) in [5, 5.41) is 2.86. The molecule has 1 atom stereocenters. The highest BCUT2D eigenvalue weighted by molar-refractivity contribution is 5.80. The summed E-state index contributed by atoms with van der Waals surface area (Å²) >= 11 is 0. The summed E-state index contributed by atoms with van der Waals surface area (Å²) in [4.78, 5) is 38.0. The van der Waals surface area contributed by atoms with Gasteiger partial charge in [0.05, 0.1) is 6.67 Å². The lowest BCUT2D eigenvalue weighted by atomic mass is 10.1. The van der Waals surface area contributed by atoms with E-state index in [2.05, 4.69) is 5.32 Å². The lowest BCUT2D eigenvalue weighted by Crippen LogP contribution is -2.34. The van der Waals surface area contributed by atoms with Gasteiger partial charge in [0, 0.05) is 38.4 Å². The minimum atomic E-state index is 0.0764. The van der Waals surface area contributed by atoms with Gasteiger partial charge < -0.3 is 15.1 Å². The number of carbonyl (C=O) groups excluding carboxylic acids is 3. The molecule has 6 heteroatoms. The predicted molar refractivity (Wildman–Crippen MR) is 69.0 cm³/mol. The summed E-state index contributed by atoms with van der Waals surface area (Å²) in [6, 6.07) is 0.146. The van der Waals surface area contributed by atoms with Crippen LogP contribution in [0, 0.1) is 0 Å². The van der Waals surface area contributed by atoms with Gasteiger partial charge in [-0.05, 0) is 12.8 Å². The number of hydrogen-bond donors (Lipinski definition) is 1. The molecule has 2 saturated heterocycles. The van der Waals surface area contributed by atoms with E-state index in [1.165, 1.54) is 0 Å². The molecule has 0 spiro atoms. The standard InChI is InChI=1S/C13H21N3O3/c1-2-12(18)15-7-8-16(9-15)13(19)6-4-10-3-5-11(17)14-10/h10H,2-9H2,1H3,(H,14,17). The maximum absolute atomic E-state index is 12.0. The van der Waals surface area contributed by atoms with E-state index in [0.717, 1.165) is 6.42 Å². The molecule has 2 aliphatic rings. The van der Waals surface area contributed by atoms with E-state index in [-0.39, 0.29) is 23.8 Å². The summed E-state index contributed by atoms with van der Waals surface area (Å²) in [6.07, 6.45) is 3.02. The molecule has 0 saturated carbocycles. The number of nitrogens with zero attached hydrogens (tertiary/aromatic N) is 2. The fourth-order valence-electron chi connectivity index (χ4n) is 2.57. The Morgan fingerprint density at radius 2 is 1.95 bits per heavy atom. The van der Waals surface area contributed by atoms with Crippen LogP contribution in [0.1, 0.15) is 39.0 Å². The molecule has 1 N–H and O–H groups in total. The molecule has 0 aromatic rings. The maximum atomic E-state index is 12.0. The van der Waals surface area contributed by atoms with Crippen molar-refractivity contribution in [2.75, 3.05) is 19.8 Å². The van der Waals surface area contributed by atoms with Crippen LogP contribution in [0.25, 0.3) is 0 Å². The van der Waals surface area contributed by atoms with Crippen LogP contribution in [-0.2, 0) is 14.4 Å². The highest BCUT2D eigenvalue weighted by atomic mass is 16.2. The molecule has 1 unspecified atom stereocenters. The van der Waals surface area contributed by atoms with Crippen LogP contribution >= 0.6 is 0 Å². The van der Waals surface area contributed by atoms with Crippen molar-refractivity contribution in [3.05, 3.63) is 0 Å². The third-order valence-corrected chi connectivity index (χ3v) is 3.78. The minimum Gasteiger partial charge on any atom is -0.353 e. The van der Waals surface area contributed by atoms with E-state index >= 15 is 0 Å². The molecule has 3 amide bonds. The van der Waals surface area contributed by atoms with Gasteiger partial charge in [0.25, 0.3) is 0 Å². The van der Waals surface area contributed by atoms with Gasteiger partial charge >= 0.3 is 0 Å². The molecule has 19 heavy (non-hydrogen) atoms. The zero-order valence-corrected chi connectivity index (χ0v) is 11.4. The van der Waals surface area contributed by atoms with Crippen LogP contribution in [0.3, 0.4) is 0 Å². The third kappa shape index (κ3) is 3.45. The fraction of sp³-hybridized carbons (Fsp3) is 0.769. The first-order chi connectivity index (χ1) is 9.10. The van der Waals surface area contributed by atoms with Crippen LogP contribution in [-0.4, -0.2) is 53.3 Å². The highest BCUT2D eigenvalue weighted by Gasteiger charge is 2.27. The molecule has 6 nitrogen and oxygen atoms in total. The van der Waals surface area contributed by atoms with Gasteiger partial charge in [-0.2, -0.15) is 0 Å². The van der Waals surface area contributed by atoms with Crippen LogP contribution in [0.4, 0.5) is 0 Å². The minimum absolute atomic E-state index is 0.0764. The van der Waals surface area contributed by atoms with Gasteiger partial charge in [0.2, 0.25) is 17.7 Å². The van der Waals surface area contributed by atoms with Gasteiger partial charge in [-0.15, -0.1) is 0 Å². The summed E-state index contributed by atoms with van der Waals surface area (Å²) in [7, 11) is 0. The molecular formula is C13H21N3O3. The topological polar surface area (TPSA) is 69.7 Å². The SMILES string of the molecule is CCC(=O)N1CCN(C(=O)CCC2CCC(=O)N2)C1. The zero-order valence-electron chi connectivity index (χ0n) is 11.4. The van der Waals surface area contributed by atoms with Gasteiger partial charge in [-0.3, -0.25) is 14.4 Å². The van der Waals surface area contributed by atoms with Crippen molar-refractivity contribution in [3.63, 3.8) is 0 Å². The molecule has 0 aromatic carbocycles. The number of rotatable bonds is 4. The van der Waals surface area contributed by atoms with E-state index < -0.39 is 0 Å². The van der Waals surface area contributed by atoms with Crippen molar-refractivity contribution in [1.82, 2.24) is 15.1 Å². The molecule has 0 bridgehead atoms. The molecule has 106 valence electrons. The smallest absolute Gasteiger partial charge is 0.224 e. The Labute approximate surface area is 113 Å². The Kier molecular flexibility index (Phi) is 4.39. The van der Waals surface area contributed by atoms with Gasteiger partial charge in [0.15, 0.2) is 0 Å². The summed E-state index contributed by atoms with van der Waals surface area (Å²) < 4.78 is 0. The van der Waals surface area contributed by atoms with Crippen molar-refractivity contribution in [1.29, 1.82) is 0 Å². The first kappa shape index (κ1) is 13.8. The van der Waals surface area contributed by atoms with Crippen molar-refractivity contribution in [3.8, 4) is 0 Å². The number of hydrogen-bond acceptors (Lipinski definition) is 3. The fourth-order valence-corrected chi connectivity index (χ4v) is 2.57. The van der Waals surface area contributed by atoms with Gasteiger partial charge in [-0.1, -0.05) is 6.92 Å². The quantitative estimate of drug-likeness (QED) is 0.784. The monoisotopic (exact) mass is 267 g/mol. The van der Waals surface area contributed by atoms with Crippen LogP contribution in [0.15, 0.2) is 0 Å². The first-order valence-electron chi connectivity index (χ1n) is 6.95. The van der Waals surface area contributed by atoms with Crippen molar-refractivity contribution in [2.45, 2.75) is 45.1 Å². The number of nitrogens with one attached hydrogen (secondary N) is 1. The molecule has 0 aromatic heterocycles. The zero-order chi connectivity index (χ0) is 13.8. The Balaban J connectivity index is 1.72. The molecular weight excluding hydrogens is 246 g/mol. The largest absolute Gasteiger partial charge is 0.353 e. The second-order valence-electron chi connectivity index (χ2n) is 5.15. The highest BCUT2D eigenvalue weighted by Crippen LogP contribution is 2.14. The second kappa shape index (κ2) is 6.04. The van der Waals surface area contributed by atoms with E-state index in [1.54, 1.807) is 9.80 Å². The lowest BCUT2D eigenvalue weighted by Gasteiger charge is -2.18. The Morgan fingerprint density at radius 1 is 1.26 bits per heavy atom. The average molecular weight is 267 g/mol. The Bertz CT molecular complexity index is 383. The van der Waals surface area contributed by atoms with E-state index in [0.29, 0.717) is 45.4 Å². The van der Waals surface area contributed by atoms with Gasteiger partial charge in [-0.25, -0.2) is 0 Å². The predicted octanol–water partition coefficient (Wildman–Crippen LogP) is 0.0835. The van der Waals surface area contributed by atoms with Crippen molar-refractivity contribution < 1.29 is 14.4 Å². The third-order valence-electron chi connectivity index (χ3n) is 3.78. The summed E-state index contributed by atoms with van der Waals surface area (Å²) in [5.74, 6) is 0.254. The molecule has 2 fully saturated rings. The maximum Gasteiger partial charge on any atom is 0.224 e. The molecule has 2 aliphatic heterocycles. The van der Waals surface area contributed by atoms with Crippen molar-refractivity contribution >= 4 is 17.7 Å². The van der Waals surface area contributed by atoms with Crippen LogP contribution in [0.2, 0.25) is 0 Å². The number of carbonyl (C=O) groups is 3.